The van der Waals surface area contributed by atoms with E-state index in [9.17, 15) is 8.42 Å². The molecular weight excluding hydrogens is 274 g/mol. The van der Waals surface area contributed by atoms with Crippen molar-refractivity contribution in [3.8, 4) is 0 Å². The molecule has 0 radical (unpaired) electrons. The van der Waals surface area contributed by atoms with E-state index in [4.69, 9.17) is 11.6 Å². The Balaban J connectivity index is 2.10. The van der Waals surface area contributed by atoms with Crippen molar-refractivity contribution in [2.45, 2.75) is 25.7 Å². The maximum absolute atomic E-state index is 12.2. The molecule has 0 saturated carbocycles. The molecule has 0 unspecified atom stereocenters. The third-order valence-electron chi connectivity index (χ3n) is 2.86. The third-order valence-corrected chi connectivity index (χ3v) is 4.61. The molecule has 1 aromatic rings. The molecule has 7 heteroatoms. The van der Waals surface area contributed by atoms with Crippen LogP contribution in [0.5, 0.6) is 0 Å². The van der Waals surface area contributed by atoms with Crippen LogP contribution >= 0.6 is 11.6 Å². The number of nitrogens with one attached hydrogen (secondary N) is 1. The van der Waals surface area contributed by atoms with Crippen molar-refractivity contribution in [3.63, 3.8) is 0 Å². The molecule has 1 fully saturated rings. The summed E-state index contributed by atoms with van der Waals surface area (Å²) in [6, 6.07) is 3.10. The smallest absolute Gasteiger partial charge is 0.254 e. The van der Waals surface area contributed by atoms with Crippen molar-refractivity contribution in [2.24, 2.45) is 0 Å². The van der Waals surface area contributed by atoms with E-state index in [2.05, 4.69) is 9.71 Å². The van der Waals surface area contributed by atoms with Gasteiger partial charge in [-0.25, -0.2) is 4.98 Å². The Morgan fingerprint density at radius 2 is 1.89 bits per heavy atom. The van der Waals surface area contributed by atoms with E-state index in [1.54, 1.807) is 6.07 Å². The lowest BCUT2D eigenvalue weighted by atomic mass is 10.2. The van der Waals surface area contributed by atoms with E-state index in [-0.39, 0.29) is 5.82 Å². The summed E-state index contributed by atoms with van der Waals surface area (Å²) in [5, 5.41) is 0.457. The molecule has 1 aliphatic rings. The highest BCUT2D eigenvalue weighted by atomic mass is 35.5. The van der Waals surface area contributed by atoms with Crippen LogP contribution in [0.1, 0.15) is 25.7 Å². The van der Waals surface area contributed by atoms with Gasteiger partial charge in [-0.05, 0) is 18.9 Å². The zero-order chi connectivity index (χ0) is 13.0. The summed E-state index contributed by atoms with van der Waals surface area (Å²) in [4.78, 5) is 3.94. The van der Waals surface area contributed by atoms with E-state index in [0.29, 0.717) is 18.1 Å². The second-order valence-corrected chi connectivity index (χ2v) is 6.39. The summed E-state index contributed by atoms with van der Waals surface area (Å²) in [6.07, 6.45) is 5.46. The van der Waals surface area contributed by atoms with Gasteiger partial charge in [0.1, 0.15) is 5.82 Å². The van der Waals surface area contributed by atoms with E-state index in [0.717, 1.165) is 25.7 Å². The Kier molecular flexibility index (Phi) is 4.42. The number of aromatic nitrogens is 1. The molecular formula is C11H16ClN3O2S. The fourth-order valence-corrected chi connectivity index (χ4v) is 3.34. The van der Waals surface area contributed by atoms with Crippen molar-refractivity contribution in [1.82, 2.24) is 9.29 Å². The van der Waals surface area contributed by atoms with Crippen LogP contribution in [0.15, 0.2) is 18.3 Å². The van der Waals surface area contributed by atoms with Crippen molar-refractivity contribution in [3.05, 3.63) is 23.4 Å². The molecule has 0 amide bonds. The summed E-state index contributed by atoms with van der Waals surface area (Å²) in [7, 11) is -3.51. The van der Waals surface area contributed by atoms with Crippen LogP contribution in [-0.2, 0) is 10.2 Å². The number of rotatable bonds is 3. The second-order valence-electron chi connectivity index (χ2n) is 4.28. The average Bonchev–Trinajstić information content (AvgIpc) is 2.57. The predicted molar refractivity (Wildman–Crippen MR) is 71.8 cm³/mol. The number of nitrogens with zero attached hydrogens (tertiary/aromatic N) is 2. The van der Waals surface area contributed by atoms with E-state index in [1.165, 1.54) is 16.6 Å². The van der Waals surface area contributed by atoms with Crippen LogP contribution in [0.2, 0.25) is 5.02 Å². The molecule has 1 saturated heterocycles. The average molecular weight is 290 g/mol. The first-order chi connectivity index (χ1) is 8.58. The van der Waals surface area contributed by atoms with Crippen molar-refractivity contribution in [2.75, 3.05) is 17.8 Å². The van der Waals surface area contributed by atoms with Crippen LogP contribution in [0.25, 0.3) is 0 Å². The van der Waals surface area contributed by atoms with Gasteiger partial charge in [0.15, 0.2) is 0 Å². The van der Waals surface area contributed by atoms with Gasteiger partial charge in [0.05, 0.1) is 0 Å². The first-order valence-electron chi connectivity index (χ1n) is 5.97. The fourth-order valence-electron chi connectivity index (χ4n) is 1.94. The topological polar surface area (TPSA) is 62.3 Å². The second kappa shape index (κ2) is 5.86. The molecule has 2 heterocycles. The van der Waals surface area contributed by atoms with Gasteiger partial charge in [-0.3, -0.25) is 4.72 Å². The molecule has 2 rings (SSSR count). The Bertz CT molecular complexity index is 499. The highest BCUT2D eigenvalue weighted by Gasteiger charge is 2.23. The minimum atomic E-state index is -3.51. The number of hydrogen-bond donors (Lipinski definition) is 1. The lowest BCUT2D eigenvalue weighted by Gasteiger charge is -2.20. The van der Waals surface area contributed by atoms with Crippen LogP contribution in [0, 0.1) is 0 Å². The van der Waals surface area contributed by atoms with E-state index in [1.807, 2.05) is 0 Å². The molecule has 0 atom stereocenters. The SMILES string of the molecule is O=S(=O)(Nc1cc(Cl)ccn1)N1CCCCCC1. The standard InChI is InChI=1S/C11H16ClN3O2S/c12-10-5-6-13-11(9-10)14-18(16,17)15-7-3-1-2-4-8-15/h5-6,9H,1-4,7-8H2,(H,13,14). The summed E-state index contributed by atoms with van der Waals surface area (Å²) in [5.74, 6) is 0.256. The molecule has 1 aliphatic heterocycles. The van der Waals surface area contributed by atoms with Crippen molar-refractivity contribution in [1.29, 1.82) is 0 Å². The number of pyridine rings is 1. The molecule has 0 bridgehead atoms. The molecule has 5 nitrogen and oxygen atoms in total. The fraction of sp³-hybridized carbons (Fsp3) is 0.545. The maximum atomic E-state index is 12.2. The molecule has 1 N–H and O–H groups in total. The lowest BCUT2D eigenvalue weighted by Crippen LogP contribution is -2.36. The summed E-state index contributed by atoms with van der Waals surface area (Å²) in [6.45, 7) is 1.13. The van der Waals surface area contributed by atoms with Crippen LogP contribution in [0.4, 0.5) is 5.82 Å². The zero-order valence-corrected chi connectivity index (χ0v) is 11.5. The highest BCUT2D eigenvalue weighted by molar-refractivity contribution is 7.90. The minimum Gasteiger partial charge on any atom is -0.254 e. The Morgan fingerprint density at radius 3 is 2.50 bits per heavy atom. The van der Waals surface area contributed by atoms with Gasteiger partial charge < -0.3 is 0 Å². The van der Waals surface area contributed by atoms with Crippen LogP contribution in [-0.4, -0.2) is 30.8 Å². The van der Waals surface area contributed by atoms with Crippen molar-refractivity contribution < 1.29 is 8.42 Å². The third kappa shape index (κ3) is 3.57. The number of anilines is 1. The Morgan fingerprint density at radius 1 is 1.22 bits per heavy atom. The van der Waals surface area contributed by atoms with Gasteiger partial charge in [0.2, 0.25) is 0 Å². The predicted octanol–water partition coefficient (Wildman–Crippen LogP) is 2.27. The zero-order valence-electron chi connectivity index (χ0n) is 9.97. The lowest BCUT2D eigenvalue weighted by molar-refractivity contribution is 0.427. The van der Waals surface area contributed by atoms with Crippen LogP contribution in [0.3, 0.4) is 0 Å². The van der Waals surface area contributed by atoms with Gasteiger partial charge >= 0.3 is 10.2 Å². The molecule has 0 spiro atoms. The Hall–Kier alpha value is -0.850. The quantitative estimate of drug-likeness (QED) is 0.928. The van der Waals surface area contributed by atoms with E-state index < -0.39 is 10.2 Å². The van der Waals surface area contributed by atoms with Gasteiger partial charge in [-0.2, -0.15) is 12.7 Å². The normalized spacial score (nSPS) is 18.3. The summed E-state index contributed by atoms with van der Waals surface area (Å²) >= 11 is 5.80. The molecule has 100 valence electrons. The van der Waals surface area contributed by atoms with Gasteiger partial charge in [-0.1, -0.05) is 24.4 Å². The largest absolute Gasteiger partial charge is 0.302 e. The van der Waals surface area contributed by atoms with Gasteiger partial charge in [-0.15, -0.1) is 0 Å². The number of halogens is 1. The molecule has 0 aromatic carbocycles. The monoisotopic (exact) mass is 289 g/mol. The van der Waals surface area contributed by atoms with Crippen LogP contribution < -0.4 is 4.72 Å². The van der Waals surface area contributed by atoms with Gasteiger partial charge in [0.25, 0.3) is 0 Å². The number of hydrogen-bond acceptors (Lipinski definition) is 3. The minimum absolute atomic E-state index is 0.256. The van der Waals surface area contributed by atoms with E-state index >= 15 is 0 Å². The Labute approximate surface area is 112 Å². The molecule has 1 aromatic heterocycles. The van der Waals surface area contributed by atoms with Gasteiger partial charge in [0, 0.05) is 30.4 Å². The van der Waals surface area contributed by atoms with Crippen molar-refractivity contribution >= 4 is 27.6 Å². The molecule has 18 heavy (non-hydrogen) atoms. The molecule has 0 aliphatic carbocycles. The first-order valence-corrected chi connectivity index (χ1v) is 7.79. The highest BCUT2D eigenvalue weighted by Crippen LogP contribution is 2.17. The summed E-state index contributed by atoms with van der Waals surface area (Å²) in [5.41, 5.74) is 0. The maximum Gasteiger partial charge on any atom is 0.302 e. The first kappa shape index (κ1) is 13.6. The summed E-state index contributed by atoms with van der Waals surface area (Å²) < 4.78 is 28.2.